The van der Waals surface area contributed by atoms with Crippen molar-refractivity contribution in [3.05, 3.63) is 22.8 Å². The molecule has 6 heteroatoms. The molecule has 4 nitrogen and oxygen atoms in total. The van der Waals surface area contributed by atoms with E-state index in [1.54, 1.807) is 10.8 Å². The standard InChI is InChI=1S/C8H8BBrN2O2/c1-12-7(14-9-13)4-5-6(10)2-3-11-8(5)12/h2-4,9,13H,1H3. The van der Waals surface area contributed by atoms with Gasteiger partial charge in [0.05, 0.1) is 0 Å². The Morgan fingerprint density at radius 2 is 2.43 bits per heavy atom. The van der Waals surface area contributed by atoms with E-state index in [9.17, 15) is 0 Å². The molecule has 0 aliphatic carbocycles. The van der Waals surface area contributed by atoms with E-state index >= 15 is 0 Å². The van der Waals surface area contributed by atoms with Gasteiger partial charge in [0, 0.05) is 29.2 Å². The lowest BCUT2D eigenvalue weighted by molar-refractivity contribution is 0.433. The average Bonchev–Trinajstić information content (AvgIpc) is 2.48. The molecule has 2 rings (SSSR count). The van der Waals surface area contributed by atoms with Crippen molar-refractivity contribution in [3.8, 4) is 5.88 Å². The molecule has 2 aromatic rings. The third kappa shape index (κ3) is 1.40. The smallest absolute Gasteiger partial charge is 0.505 e. The van der Waals surface area contributed by atoms with Crippen molar-refractivity contribution in [2.24, 2.45) is 7.05 Å². The first-order chi connectivity index (χ1) is 6.74. The third-order valence-corrected chi connectivity index (χ3v) is 2.74. The first-order valence-corrected chi connectivity index (χ1v) is 4.87. The Bertz CT molecular complexity index is 472. The lowest BCUT2D eigenvalue weighted by atomic mass is 10.3. The van der Waals surface area contributed by atoms with E-state index in [4.69, 9.17) is 9.68 Å². The maximum Gasteiger partial charge on any atom is 0.505 e. The van der Waals surface area contributed by atoms with Crippen LogP contribution in [-0.4, -0.2) is 22.3 Å². The molecule has 1 N–H and O–H groups in total. The normalized spacial score (nSPS) is 10.5. The Morgan fingerprint density at radius 1 is 1.64 bits per heavy atom. The van der Waals surface area contributed by atoms with Gasteiger partial charge in [0.25, 0.3) is 0 Å². The highest BCUT2D eigenvalue weighted by Crippen LogP contribution is 2.28. The molecule has 0 fully saturated rings. The number of hydrogen-bond donors (Lipinski definition) is 1. The van der Waals surface area contributed by atoms with Gasteiger partial charge in [0.15, 0.2) is 5.88 Å². The molecule has 0 spiro atoms. The summed E-state index contributed by atoms with van der Waals surface area (Å²) in [6.45, 7) is 0. The molecule has 14 heavy (non-hydrogen) atoms. The lowest BCUT2D eigenvalue weighted by Gasteiger charge is -2.02. The summed E-state index contributed by atoms with van der Waals surface area (Å²) >= 11 is 3.42. The first-order valence-electron chi connectivity index (χ1n) is 4.07. The molecule has 0 radical (unpaired) electrons. The number of rotatable bonds is 2. The van der Waals surface area contributed by atoms with Crippen molar-refractivity contribution < 1.29 is 9.68 Å². The maximum absolute atomic E-state index is 8.67. The predicted molar refractivity (Wildman–Crippen MR) is 58.4 cm³/mol. The van der Waals surface area contributed by atoms with Gasteiger partial charge in [-0.15, -0.1) is 0 Å². The van der Waals surface area contributed by atoms with Crippen LogP contribution in [0, 0.1) is 0 Å². The van der Waals surface area contributed by atoms with Gasteiger partial charge in [-0.2, -0.15) is 0 Å². The van der Waals surface area contributed by atoms with E-state index in [1.807, 2.05) is 19.2 Å². The summed E-state index contributed by atoms with van der Waals surface area (Å²) in [4.78, 5) is 4.22. The molecule has 0 aliphatic heterocycles. The van der Waals surface area contributed by atoms with Crippen LogP contribution in [0.25, 0.3) is 11.0 Å². The van der Waals surface area contributed by atoms with E-state index in [0.717, 1.165) is 15.5 Å². The van der Waals surface area contributed by atoms with E-state index in [1.165, 1.54) is 0 Å². The second-order valence-electron chi connectivity index (χ2n) is 2.85. The van der Waals surface area contributed by atoms with E-state index in [0.29, 0.717) is 5.88 Å². The molecule has 0 aromatic carbocycles. The largest absolute Gasteiger partial charge is 0.526 e. The molecule has 72 valence electrons. The fourth-order valence-corrected chi connectivity index (χ4v) is 1.78. The quantitative estimate of drug-likeness (QED) is 0.813. The van der Waals surface area contributed by atoms with Crippen LogP contribution in [-0.2, 0) is 7.05 Å². The summed E-state index contributed by atoms with van der Waals surface area (Å²) in [5.41, 5.74) is 0.822. The molecule has 0 bridgehead atoms. The summed E-state index contributed by atoms with van der Waals surface area (Å²) in [7, 11) is 1.51. The molecular formula is C8H8BBrN2O2. The minimum atomic E-state index is -0.332. The Hall–Kier alpha value is -1.01. The Morgan fingerprint density at radius 3 is 3.07 bits per heavy atom. The Labute approximate surface area is 89.9 Å². The minimum absolute atomic E-state index is 0.332. The van der Waals surface area contributed by atoms with Gasteiger partial charge < -0.3 is 14.2 Å². The number of hydrogen-bond acceptors (Lipinski definition) is 3. The van der Waals surface area contributed by atoms with E-state index in [-0.39, 0.29) is 7.69 Å². The van der Waals surface area contributed by atoms with Crippen molar-refractivity contribution in [2.75, 3.05) is 0 Å². The van der Waals surface area contributed by atoms with Crippen molar-refractivity contribution >= 4 is 34.6 Å². The number of fused-ring (bicyclic) bond motifs is 1. The fraction of sp³-hybridized carbons (Fsp3) is 0.125. The second kappa shape index (κ2) is 3.63. The average molecular weight is 255 g/mol. The summed E-state index contributed by atoms with van der Waals surface area (Å²) in [5.74, 6) is 0.599. The number of halogens is 1. The van der Waals surface area contributed by atoms with Gasteiger partial charge in [-0.3, -0.25) is 0 Å². The summed E-state index contributed by atoms with van der Waals surface area (Å²) in [6.07, 6.45) is 1.72. The van der Waals surface area contributed by atoms with Crippen LogP contribution >= 0.6 is 15.9 Å². The zero-order chi connectivity index (χ0) is 10.1. The van der Waals surface area contributed by atoms with Gasteiger partial charge >= 0.3 is 7.69 Å². The molecule has 0 saturated carbocycles. The van der Waals surface area contributed by atoms with Gasteiger partial charge in [0.2, 0.25) is 0 Å². The molecule has 2 aromatic heterocycles. The van der Waals surface area contributed by atoms with Crippen LogP contribution in [0.2, 0.25) is 0 Å². The van der Waals surface area contributed by atoms with Crippen molar-refractivity contribution in [1.29, 1.82) is 0 Å². The van der Waals surface area contributed by atoms with Crippen LogP contribution in [0.1, 0.15) is 0 Å². The van der Waals surface area contributed by atoms with Gasteiger partial charge in [-0.1, -0.05) is 0 Å². The highest BCUT2D eigenvalue weighted by molar-refractivity contribution is 9.10. The van der Waals surface area contributed by atoms with Crippen LogP contribution < -0.4 is 4.65 Å². The SMILES string of the molecule is Cn1c(OBO)cc2c(Br)ccnc21. The second-order valence-corrected chi connectivity index (χ2v) is 3.70. The van der Waals surface area contributed by atoms with Crippen LogP contribution in [0.3, 0.4) is 0 Å². The van der Waals surface area contributed by atoms with Gasteiger partial charge in [-0.05, 0) is 22.0 Å². The molecule has 0 unspecified atom stereocenters. The van der Waals surface area contributed by atoms with Crippen LogP contribution in [0.5, 0.6) is 5.88 Å². The molecule has 0 atom stereocenters. The molecule has 0 saturated heterocycles. The van der Waals surface area contributed by atoms with Crippen molar-refractivity contribution in [3.63, 3.8) is 0 Å². The molecule has 0 amide bonds. The van der Waals surface area contributed by atoms with E-state index in [2.05, 4.69) is 20.9 Å². The number of aryl methyl sites for hydroxylation is 1. The number of nitrogens with zero attached hydrogens (tertiary/aromatic N) is 2. The minimum Gasteiger partial charge on any atom is -0.526 e. The predicted octanol–water partition coefficient (Wildman–Crippen LogP) is 0.973. The monoisotopic (exact) mass is 254 g/mol. The zero-order valence-corrected chi connectivity index (χ0v) is 9.15. The maximum atomic E-state index is 8.67. The summed E-state index contributed by atoms with van der Waals surface area (Å²) in [5, 5.41) is 9.64. The molecule has 0 aliphatic rings. The molecular weight excluding hydrogens is 247 g/mol. The lowest BCUT2D eigenvalue weighted by Crippen LogP contribution is -2.03. The van der Waals surface area contributed by atoms with Gasteiger partial charge in [0.1, 0.15) is 5.65 Å². The fourth-order valence-electron chi connectivity index (χ4n) is 1.37. The Balaban J connectivity index is 2.67. The third-order valence-electron chi connectivity index (χ3n) is 2.04. The first kappa shape index (κ1) is 9.55. The summed E-state index contributed by atoms with van der Waals surface area (Å²) in [6, 6.07) is 3.70. The summed E-state index contributed by atoms with van der Waals surface area (Å²) < 4.78 is 7.79. The van der Waals surface area contributed by atoms with Crippen molar-refractivity contribution in [2.45, 2.75) is 0 Å². The number of aromatic nitrogens is 2. The number of pyridine rings is 1. The van der Waals surface area contributed by atoms with E-state index < -0.39 is 0 Å². The highest BCUT2D eigenvalue weighted by Gasteiger charge is 2.09. The topological polar surface area (TPSA) is 47.3 Å². The van der Waals surface area contributed by atoms with Crippen LogP contribution in [0.4, 0.5) is 0 Å². The van der Waals surface area contributed by atoms with Crippen molar-refractivity contribution in [1.82, 2.24) is 9.55 Å². The molecule has 2 heterocycles. The highest BCUT2D eigenvalue weighted by atomic mass is 79.9. The van der Waals surface area contributed by atoms with Crippen LogP contribution in [0.15, 0.2) is 22.8 Å². The van der Waals surface area contributed by atoms with Gasteiger partial charge in [-0.25, -0.2) is 4.98 Å². The zero-order valence-electron chi connectivity index (χ0n) is 7.57. The Kier molecular flexibility index (Phi) is 2.47.